The topological polar surface area (TPSA) is 74.3 Å². The van der Waals surface area contributed by atoms with Crippen molar-refractivity contribution in [2.45, 2.75) is 26.2 Å². The van der Waals surface area contributed by atoms with Gasteiger partial charge in [0.25, 0.3) is 0 Å². The molecule has 1 aromatic rings. The lowest BCUT2D eigenvalue weighted by Crippen LogP contribution is -2.39. The molecule has 0 fully saturated rings. The van der Waals surface area contributed by atoms with Crippen LogP contribution in [0.5, 0.6) is 0 Å². The Morgan fingerprint density at radius 1 is 1.20 bits per heavy atom. The number of Topliss-reactive ketones (excluding diaryl/α,β-unsaturated/α-hetero) is 1. The summed E-state index contributed by atoms with van der Waals surface area (Å²) >= 11 is 0. The van der Waals surface area contributed by atoms with Gasteiger partial charge in [0.1, 0.15) is 5.97 Å². The van der Waals surface area contributed by atoms with Crippen LogP contribution >= 0.6 is 0 Å². The largest absolute Gasteiger partial charge is 0.542 e. The number of carboxylic acid groups (broad SMARTS) is 1. The molecule has 0 amide bonds. The van der Waals surface area contributed by atoms with Crippen molar-refractivity contribution < 1.29 is 19.5 Å². The zero-order valence-electron chi connectivity index (χ0n) is 11.4. The molecule has 0 aliphatic carbocycles. The molecule has 1 unspecified atom stereocenters. The molecule has 20 heavy (non-hydrogen) atoms. The standard InChI is InChI=1S/C16H18O4/c1-2-3-9-13(15(18)16(19)20)14(17)11-10-12-7-5-4-6-8-12/h4-8,10-11,13H,2-3,9H2,1H3,(H,19,20)/p-1/b11-10+. The Labute approximate surface area is 118 Å². The van der Waals surface area contributed by atoms with Gasteiger partial charge in [-0.05, 0) is 18.1 Å². The second kappa shape index (κ2) is 8.04. The molecule has 0 aromatic heterocycles. The fourth-order valence-electron chi connectivity index (χ4n) is 1.81. The smallest absolute Gasteiger partial charge is 0.189 e. The Kier molecular flexibility index (Phi) is 6.37. The zero-order chi connectivity index (χ0) is 15.0. The molecule has 0 heterocycles. The minimum Gasteiger partial charge on any atom is -0.542 e. The molecule has 0 saturated carbocycles. The van der Waals surface area contributed by atoms with Gasteiger partial charge in [0, 0.05) is 0 Å². The van der Waals surface area contributed by atoms with E-state index in [2.05, 4.69) is 0 Å². The van der Waals surface area contributed by atoms with Crippen LogP contribution in [0.2, 0.25) is 0 Å². The number of carbonyl (C=O) groups is 3. The minimum absolute atomic E-state index is 0.237. The molecule has 0 aliphatic rings. The summed E-state index contributed by atoms with van der Waals surface area (Å²) in [5.41, 5.74) is 0.816. The summed E-state index contributed by atoms with van der Waals surface area (Å²) in [5.74, 6) is -4.56. The van der Waals surface area contributed by atoms with Gasteiger partial charge < -0.3 is 9.90 Å². The fourth-order valence-corrected chi connectivity index (χ4v) is 1.81. The second-order valence-electron chi connectivity index (χ2n) is 4.49. The summed E-state index contributed by atoms with van der Waals surface area (Å²) in [7, 11) is 0. The van der Waals surface area contributed by atoms with Gasteiger partial charge in [0.05, 0.1) is 5.92 Å². The number of carboxylic acids is 1. The summed E-state index contributed by atoms with van der Waals surface area (Å²) in [6.45, 7) is 1.91. The van der Waals surface area contributed by atoms with Crippen LogP contribution in [-0.4, -0.2) is 17.5 Å². The molecule has 0 bridgehead atoms. The normalized spacial score (nSPS) is 12.2. The van der Waals surface area contributed by atoms with Crippen molar-refractivity contribution in [3.8, 4) is 0 Å². The van der Waals surface area contributed by atoms with Gasteiger partial charge in [0.15, 0.2) is 11.6 Å². The Bertz CT molecular complexity index is 502. The number of benzene rings is 1. The first-order valence-corrected chi connectivity index (χ1v) is 6.58. The van der Waals surface area contributed by atoms with E-state index in [-0.39, 0.29) is 6.42 Å². The van der Waals surface area contributed by atoms with Gasteiger partial charge in [-0.2, -0.15) is 0 Å². The van der Waals surface area contributed by atoms with Crippen molar-refractivity contribution in [1.82, 2.24) is 0 Å². The Hall–Kier alpha value is -2.23. The number of hydrogen-bond donors (Lipinski definition) is 0. The first kappa shape index (κ1) is 15.8. The molecule has 106 valence electrons. The molecule has 0 spiro atoms. The van der Waals surface area contributed by atoms with Gasteiger partial charge in [0.2, 0.25) is 0 Å². The molecule has 0 N–H and O–H groups in total. The minimum atomic E-state index is -1.80. The molecule has 4 heteroatoms. The summed E-state index contributed by atoms with van der Waals surface area (Å²) in [6.07, 6.45) is 4.47. The van der Waals surface area contributed by atoms with Gasteiger partial charge in [-0.25, -0.2) is 0 Å². The van der Waals surface area contributed by atoms with E-state index in [0.717, 1.165) is 12.0 Å². The monoisotopic (exact) mass is 273 g/mol. The molecule has 0 radical (unpaired) electrons. The molecule has 4 nitrogen and oxygen atoms in total. The van der Waals surface area contributed by atoms with Crippen LogP contribution in [-0.2, 0) is 14.4 Å². The van der Waals surface area contributed by atoms with Crippen molar-refractivity contribution >= 4 is 23.6 Å². The van der Waals surface area contributed by atoms with Gasteiger partial charge in [-0.15, -0.1) is 0 Å². The third kappa shape index (κ3) is 4.80. The highest BCUT2D eigenvalue weighted by atomic mass is 16.4. The van der Waals surface area contributed by atoms with Crippen molar-refractivity contribution in [3.05, 3.63) is 42.0 Å². The van der Waals surface area contributed by atoms with Crippen LogP contribution in [0.25, 0.3) is 6.08 Å². The SMILES string of the molecule is CCCCC(C(=O)/C=C/c1ccccc1)C(=O)C(=O)[O-]. The first-order valence-electron chi connectivity index (χ1n) is 6.58. The number of carbonyl (C=O) groups excluding carboxylic acids is 3. The molecule has 1 atom stereocenters. The lowest BCUT2D eigenvalue weighted by atomic mass is 9.92. The fraction of sp³-hybridized carbons (Fsp3) is 0.312. The van der Waals surface area contributed by atoms with Gasteiger partial charge in [-0.1, -0.05) is 56.2 Å². The Morgan fingerprint density at radius 3 is 2.40 bits per heavy atom. The molecule has 1 aromatic carbocycles. The Morgan fingerprint density at radius 2 is 1.85 bits per heavy atom. The Balaban J connectivity index is 2.80. The first-order chi connectivity index (χ1) is 9.56. The van der Waals surface area contributed by atoms with Crippen molar-refractivity contribution in [3.63, 3.8) is 0 Å². The summed E-state index contributed by atoms with van der Waals surface area (Å²) in [5, 5.41) is 10.6. The maximum Gasteiger partial charge on any atom is 0.189 e. The molecule has 0 saturated heterocycles. The van der Waals surface area contributed by atoms with Crippen LogP contribution in [0.4, 0.5) is 0 Å². The van der Waals surface area contributed by atoms with E-state index in [9.17, 15) is 19.5 Å². The van der Waals surface area contributed by atoms with Gasteiger partial charge >= 0.3 is 0 Å². The average Bonchev–Trinajstić information content (AvgIpc) is 2.46. The van der Waals surface area contributed by atoms with E-state index in [0.29, 0.717) is 6.42 Å². The zero-order valence-corrected chi connectivity index (χ0v) is 11.4. The van der Waals surface area contributed by atoms with E-state index in [1.165, 1.54) is 6.08 Å². The lowest BCUT2D eigenvalue weighted by Gasteiger charge is -2.12. The molecule has 1 rings (SSSR count). The number of ketones is 2. The van der Waals surface area contributed by atoms with Crippen LogP contribution in [0.3, 0.4) is 0 Å². The van der Waals surface area contributed by atoms with Crippen LogP contribution in [0, 0.1) is 5.92 Å². The molecule has 0 aliphatic heterocycles. The third-order valence-corrected chi connectivity index (χ3v) is 2.95. The number of aliphatic carboxylic acids is 1. The quantitative estimate of drug-likeness (QED) is 0.407. The number of unbranched alkanes of at least 4 members (excludes halogenated alkanes) is 1. The highest BCUT2D eigenvalue weighted by Gasteiger charge is 2.24. The van der Waals surface area contributed by atoms with Crippen molar-refractivity contribution in [1.29, 1.82) is 0 Å². The maximum atomic E-state index is 12.0. The second-order valence-corrected chi connectivity index (χ2v) is 4.49. The maximum absolute atomic E-state index is 12.0. The summed E-state index contributed by atoms with van der Waals surface area (Å²) < 4.78 is 0. The van der Waals surface area contributed by atoms with Crippen molar-refractivity contribution in [2.24, 2.45) is 5.92 Å². The predicted octanol–water partition coefficient (Wildman–Crippen LogP) is 1.39. The van der Waals surface area contributed by atoms with Crippen molar-refractivity contribution in [2.75, 3.05) is 0 Å². The average molecular weight is 273 g/mol. The van der Waals surface area contributed by atoms with Crippen LogP contribution < -0.4 is 5.11 Å². The van der Waals surface area contributed by atoms with Crippen LogP contribution in [0.1, 0.15) is 31.7 Å². The van der Waals surface area contributed by atoms with E-state index in [1.807, 2.05) is 37.3 Å². The summed E-state index contributed by atoms with van der Waals surface area (Å²) in [6, 6.07) is 9.12. The number of allylic oxidation sites excluding steroid dienone is 1. The third-order valence-electron chi connectivity index (χ3n) is 2.95. The van der Waals surface area contributed by atoms with Gasteiger partial charge in [-0.3, -0.25) is 9.59 Å². The summed E-state index contributed by atoms with van der Waals surface area (Å²) in [4.78, 5) is 34.1. The van der Waals surface area contributed by atoms with E-state index in [1.54, 1.807) is 6.08 Å². The van der Waals surface area contributed by atoms with E-state index < -0.39 is 23.5 Å². The highest BCUT2D eigenvalue weighted by molar-refractivity contribution is 6.37. The van der Waals surface area contributed by atoms with E-state index in [4.69, 9.17) is 0 Å². The highest BCUT2D eigenvalue weighted by Crippen LogP contribution is 2.13. The molecular weight excluding hydrogens is 256 g/mol. The predicted molar refractivity (Wildman–Crippen MR) is 73.5 cm³/mol. The van der Waals surface area contributed by atoms with Crippen LogP contribution in [0.15, 0.2) is 36.4 Å². The van der Waals surface area contributed by atoms with E-state index >= 15 is 0 Å². The number of hydrogen-bond acceptors (Lipinski definition) is 4. The number of rotatable bonds is 8. The lowest BCUT2D eigenvalue weighted by molar-refractivity contribution is -0.300. The molecular formula is C16H17O4-.